The highest BCUT2D eigenvalue weighted by atomic mass is 16.5. The molecule has 0 heterocycles. The molecule has 0 aliphatic heterocycles. The third-order valence-corrected chi connectivity index (χ3v) is 1.15. The van der Waals surface area contributed by atoms with Crippen LogP contribution in [-0.2, 0) is 19.1 Å². The van der Waals surface area contributed by atoms with Crippen LogP contribution in [0.4, 0.5) is 0 Å². The van der Waals surface area contributed by atoms with Gasteiger partial charge in [-0.3, -0.25) is 14.4 Å². The Labute approximate surface area is 74.9 Å². The molecule has 6 nitrogen and oxygen atoms in total. The van der Waals surface area contributed by atoms with Crippen LogP contribution < -0.4 is 5.32 Å². The normalized spacial score (nSPS) is 11.5. The molecule has 74 valence electrons. The van der Waals surface area contributed by atoms with E-state index in [-0.39, 0.29) is 0 Å². The van der Waals surface area contributed by atoms with E-state index in [0.29, 0.717) is 0 Å². The first kappa shape index (κ1) is 11.4. The van der Waals surface area contributed by atoms with E-state index in [9.17, 15) is 14.4 Å². The smallest absolute Gasteiger partial charge is 0.325 e. The van der Waals surface area contributed by atoms with Crippen molar-refractivity contribution in [2.45, 2.75) is 19.9 Å². The highest BCUT2D eigenvalue weighted by molar-refractivity contribution is 5.85. The zero-order valence-corrected chi connectivity index (χ0v) is 7.36. The van der Waals surface area contributed by atoms with Crippen LogP contribution in [0.3, 0.4) is 0 Å². The van der Waals surface area contributed by atoms with Crippen molar-refractivity contribution >= 4 is 17.8 Å². The summed E-state index contributed by atoms with van der Waals surface area (Å²) in [5.74, 6) is -2.36. The summed E-state index contributed by atoms with van der Waals surface area (Å²) in [5.41, 5.74) is 0. The van der Waals surface area contributed by atoms with Crippen molar-refractivity contribution < 1.29 is 24.2 Å². The van der Waals surface area contributed by atoms with Crippen molar-refractivity contribution in [1.29, 1.82) is 0 Å². The van der Waals surface area contributed by atoms with Gasteiger partial charge in [-0.05, 0) is 6.92 Å². The second kappa shape index (κ2) is 5.13. The number of nitrogens with one attached hydrogen (secondary N) is 1. The minimum atomic E-state index is -1.14. The van der Waals surface area contributed by atoms with Crippen molar-refractivity contribution in [2.75, 3.05) is 6.61 Å². The Morgan fingerprint density at radius 1 is 1.46 bits per heavy atom. The number of carbonyl (C=O) groups excluding carboxylic acids is 2. The van der Waals surface area contributed by atoms with Crippen LogP contribution in [0.2, 0.25) is 0 Å². The summed E-state index contributed by atoms with van der Waals surface area (Å²) in [4.78, 5) is 31.3. The number of amides is 1. The highest BCUT2D eigenvalue weighted by Gasteiger charge is 2.13. The molecule has 0 spiro atoms. The highest BCUT2D eigenvalue weighted by Crippen LogP contribution is 1.82. The molecule has 13 heavy (non-hydrogen) atoms. The molecule has 0 aliphatic carbocycles. The molecule has 0 rings (SSSR count). The van der Waals surface area contributed by atoms with E-state index >= 15 is 0 Å². The molecule has 0 saturated carbocycles. The number of carboxylic acid groups (broad SMARTS) is 1. The number of carboxylic acids is 1. The van der Waals surface area contributed by atoms with Gasteiger partial charge in [-0.1, -0.05) is 0 Å². The van der Waals surface area contributed by atoms with Crippen molar-refractivity contribution in [2.24, 2.45) is 0 Å². The number of aliphatic carboxylic acids is 1. The predicted molar refractivity (Wildman–Crippen MR) is 41.9 cm³/mol. The summed E-state index contributed by atoms with van der Waals surface area (Å²) < 4.78 is 4.34. The van der Waals surface area contributed by atoms with Crippen LogP contribution in [0.15, 0.2) is 0 Å². The molecule has 6 heteroatoms. The minimum absolute atomic E-state index is 0.451. The summed E-state index contributed by atoms with van der Waals surface area (Å²) in [6, 6.07) is -0.983. The van der Waals surface area contributed by atoms with Crippen LogP contribution in [0.5, 0.6) is 0 Å². The lowest BCUT2D eigenvalue weighted by atomic mass is 10.3. The van der Waals surface area contributed by atoms with Crippen LogP contribution in [0.25, 0.3) is 0 Å². The Balaban J connectivity index is 3.74. The van der Waals surface area contributed by atoms with Crippen LogP contribution in [0.1, 0.15) is 13.8 Å². The first-order valence-corrected chi connectivity index (χ1v) is 3.59. The zero-order chi connectivity index (χ0) is 10.4. The topological polar surface area (TPSA) is 92.7 Å². The van der Waals surface area contributed by atoms with E-state index in [1.54, 1.807) is 0 Å². The lowest BCUT2D eigenvalue weighted by Gasteiger charge is -2.08. The van der Waals surface area contributed by atoms with Crippen LogP contribution in [-0.4, -0.2) is 35.6 Å². The Morgan fingerprint density at radius 2 is 2.00 bits per heavy atom. The maximum absolute atomic E-state index is 10.8. The molecule has 0 bridgehead atoms. The number of rotatable bonds is 4. The SMILES string of the molecule is CC(=O)OCC(=O)N[C@H](C)C(=O)O. The van der Waals surface area contributed by atoms with Gasteiger partial charge in [-0.2, -0.15) is 0 Å². The first-order valence-electron chi connectivity index (χ1n) is 3.59. The van der Waals surface area contributed by atoms with Gasteiger partial charge in [0, 0.05) is 6.92 Å². The standard InChI is InChI=1S/C7H11NO5/c1-4(7(11)12)8-6(10)3-13-5(2)9/h4H,3H2,1-2H3,(H,8,10)(H,11,12)/t4-/m1/s1. The summed E-state index contributed by atoms with van der Waals surface area (Å²) in [5, 5.41) is 10.5. The van der Waals surface area contributed by atoms with Crippen molar-refractivity contribution in [3.63, 3.8) is 0 Å². The largest absolute Gasteiger partial charge is 0.480 e. The summed E-state index contributed by atoms with van der Waals surface area (Å²) in [6.45, 7) is 2.02. The molecular formula is C7H11NO5. The monoisotopic (exact) mass is 189 g/mol. The van der Waals surface area contributed by atoms with Gasteiger partial charge in [0.05, 0.1) is 0 Å². The van der Waals surface area contributed by atoms with E-state index < -0.39 is 30.5 Å². The summed E-state index contributed by atoms with van der Waals surface area (Å²) in [7, 11) is 0. The van der Waals surface area contributed by atoms with Gasteiger partial charge in [-0.15, -0.1) is 0 Å². The number of hydrogen-bond acceptors (Lipinski definition) is 4. The fraction of sp³-hybridized carbons (Fsp3) is 0.571. The first-order chi connectivity index (χ1) is 5.93. The van der Waals surface area contributed by atoms with Gasteiger partial charge in [0.2, 0.25) is 0 Å². The predicted octanol–water partition coefficient (Wildman–Crippen LogP) is -0.861. The van der Waals surface area contributed by atoms with E-state index in [1.807, 2.05) is 0 Å². The van der Waals surface area contributed by atoms with Crippen molar-refractivity contribution in [3.05, 3.63) is 0 Å². The average Bonchev–Trinajstić information content (AvgIpc) is 2.00. The lowest BCUT2D eigenvalue weighted by molar-refractivity contribution is -0.147. The molecule has 0 radical (unpaired) electrons. The van der Waals surface area contributed by atoms with E-state index in [1.165, 1.54) is 6.92 Å². The van der Waals surface area contributed by atoms with Gasteiger partial charge in [0.25, 0.3) is 5.91 Å². The fourth-order valence-corrected chi connectivity index (χ4v) is 0.512. The lowest BCUT2D eigenvalue weighted by Crippen LogP contribution is -2.40. The third-order valence-electron chi connectivity index (χ3n) is 1.15. The van der Waals surface area contributed by atoms with E-state index in [4.69, 9.17) is 5.11 Å². The van der Waals surface area contributed by atoms with Crippen molar-refractivity contribution in [1.82, 2.24) is 5.32 Å². The molecule has 2 N–H and O–H groups in total. The van der Waals surface area contributed by atoms with Crippen LogP contribution in [0, 0.1) is 0 Å². The summed E-state index contributed by atoms with van der Waals surface area (Å²) >= 11 is 0. The molecule has 1 atom stereocenters. The van der Waals surface area contributed by atoms with Gasteiger partial charge < -0.3 is 15.2 Å². The minimum Gasteiger partial charge on any atom is -0.480 e. The average molecular weight is 189 g/mol. The number of ether oxygens (including phenoxy) is 1. The summed E-state index contributed by atoms with van der Waals surface area (Å²) in [6.07, 6.45) is 0. The van der Waals surface area contributed by atoms with Gasteiger partial charge in [0.1, 0.15) is 6.04 Å². The maximum atomic E-state index is 10.8. The second-order valence-electron chi connectivity index (χ2n) is 2.41. The fourth-order valence-electron chi connectivity index (χ4n) is 0.512. The molecule has 0 aromatic rings. The quantitative estimate of drug-likeness (QED) is 0.561. The molecular weight excluding hydrogens is 178 g/mol. The van der Waals surface area contributed by atoms with Gasteiger partial charge in [0.15, 0.2) is 6.61 Å². The molecule has 0 aliphatic rings. The third kappa shape index (κ3) is 5.66. The molecule has 0 aromatic heterocycles. The number of hydrogen-bond donors (Lipinski definition) is 2. The molecule has 0 unspecified atom stereocenters. The van der Waals surface area contributed by atoms with Crippen LogP contribution >= 0.6 is 0 Å². The van der Waals surface area contributed by atoms with Gasteiger partial charge >= 0.3 is 11.9 Å². The molecule has 0 aromatic carbocycles. The molecule has 1 amide bonds. The maximum Gasteiger partial charge on any atom is 0.325 e. The Morgan fingerprint density at radius 3 is 2.38 bits per heavy atom. The molecule has 0 saturated heterocycles. The van der Waals surface area contributed by atoms with E-state index in [0.717, 1.165) is 6.92 Å². The zero-order valence-electron chi connectivity index (χ0n) is 7.36. The Bertz CT molecular complexity index is 225. The second-order valence-corrected chi connectivity index (χ2v) is 2.41. The number of esters is 1. The van der Waals surface area contributed by atoms with Crippen molar-refractivity contribution in [3.8, 4) is 0 Å². The Hall–Kier alpha value is -1.59. The molecule has 0 fully saturated rings. The number of carbonyl (C=O) groups is 3. The van der Waals surface area contributed by atoms with Gasteiger partial charge in [-0.25, -0.2) is 0 Å². The van der Waals surface area contributed by atoms with E-state index in [2.05, 4.69) is 10.1 Å². The Kier molecular flexibility index (Phi) is 4.50.